The maximum atomic E-state index is 12.1. The number of amides is 3. The Kier molecular flexibility index (Phi) is 4.54. The molecule has 1 aliphatic heterocycles. The van der Waals surface area contributed by atoms with Crippen molar-refractivity contribution in [3.8, 4) is 0 Å². The Bertz CT molecular complexity index is 730. The van der Waals surface area contributed by atoms with Crippen LogP contribution >= 0.6 is 11.8 Å². The summed E-state index contributed by atoms with van der Waals surface area (Å²) in [6.07, 6.45) is 0. The van der Waals surface area contributed by atoms with E-state index in [0.717, 1.165) is 11.8 Å². The van der Waals surface area contributed by atoms with Crippen LogP contribution in [0.2, 0.25) is 0 Å². The Hall–Kier alpha value is -1.91. The predicted octanol–water partition coefficient (Wildman–Crippen LogP) is 0.260. The molecule has 118 valence electrons. The maximum Gasteiger partial charge on any atom is 0.286 e. The van der Waals surface area contributed by atoms with Crippen LogP contribution in [0.25, 0.3) is 0 Å². The van der Waals surface area contributed by atoms with Crippen LogP contribution in [0.4, 0.5) is 10.5 Å². The Morgan fingerprint density at radius 3 is 2.36 bits per heavy atom. The number of nitrogens with two attached hydrogens (primary N) is 1. The third-order valence-electron chi connectivity index (χ3n) is 3.04. The molecule has 1 saturated heterocycles. The number of rotatable bonds is 4. The lowest BCUT2D eigenvalue weighted by molar-refractivity contribution is -0.125. The van der Waals surface area contributed by atoms with Crippen molar-refractivity contribution in [1.82, 2.24) is 5.32 Å². The van der Waals surface area contributed by atoms with Crippen LogP contribution in [0.15, 0.2) is 29.2 Å². The molecular formula is C12H13N3O5S2. The van der Waals surface area contributed by atoms with Crippen molar-refractivity contribution in [3.63, 3.8) is 0 Å². The summed E-state index contributed by atoms with van der Waals surface area (Å²) in [5.74, 6) is -1.68. The lowest BCUT2D eigenvalue weighted by atomic mass is 10.1. The molecule has 1 aliphatic rings. The zero-order valence-electron chi connectivity index (χ0n) is 11.4. The number of hydrogen-bond acceptors (Lipinski definition) is 6. The molecule has 0 bridgehead atoms. The third kappa shape index (κ3) is 3.64. The van der Waals surface area contributed by atoms with Gasteiger partial charge in [-0.25, -0.2) is 13.6 Å². The molecule has 1 fully saturated rings. The molecule has 3 amide bonds. The van der Waals surface area contributed by atoms with Gasteiger partial charge in [-0.2, -0.15) is 0 Å². The molecule has 0 saturated carbocycles. The summed E-state index contributed by atoms with van der Waals surface area (Å²) in [5.41, 5.74) is 0.360. The zero-order valence-corrected chi connectivity index (χ0v) is 13.0. The van der Waals surface area contributed by atoms with Gasteiger partial charge in [-0.1, -0.05) is 18.7 Å². The van der Waals surface area contributed by atoms with Gasteiger partial charge in [0.25, 0.3) is 5.24 Å². The first-order valence-corrected chi connectivity index (χ1v) is 8.56. The zero-order chi connectivity index (χ0) is 16.5. The first-order valence-electron chi connectivity index (χ1n) is 6.13. The number of nitrogens with one attached hydrogen (secondary N) is 2. The van der Waals surface area contributed by atoms with E-state index in [4.69, 9.17) is 5.14 Å². The van der Waals surface area contributed by atoms with E-state index in [1.807, 2.05) is 0 Å². The topological polar surface area (TPSA) is 135 Å². The Morgan fingerprint density at radius 2 is 1.91 bits per heavy atom. The van der Waals surface area contributed by atoms with Crippen LogP contribution in [0.1, 0.15) is 6.92 Å². The van der Waals surface area contributed by atoms with E-state index in [2.05, 4.69) is 10.6 Å². The SMILES string of the molecule is CC(C(=O)Nc1ccc(S(N)(=O)=O)cc1)C1SC(=O)NC1=O. The standard InChI is InChI=1S/C12H13N3O5S2/c1-6(9-11(17)15-12(18)21-9)10(16)14-7-2-4-8(5-3-7)22(13,19)20/h2-6,9H,1H3,(H,14,16)(H2,13,19,20)(H,15,17,18). The van der Waals surface area contributed by atoms with Crippen molar-refractivity contribution in [2.45, 2.75) is 17.1 Å². The molecule has 22 heavy (non-hydrogen) atoms. The summed E-state index contributed by atoms with van der Waals surface area (Å²) < 4.78 is 22.3. The summed E-state index contributed by atoms with van der Waals surface area (Å²) in [6.45, 7) is 1.53. The normalized spacial score (nSPS) is 19.6. The minimum absolute atomic E-state index is 0.0742. The van der Waals surface area contributed by atoms with Crippen LogP contribution in [0.5, 0.6) is 0 Å². The Morgan fingerprint density at radius 1 is 1.32 bits per heavy atom. The highest BCUT2D eigenvalue weighted by atomic mass is 32.2. The fraction of sp³-hybridized carbons (Fsp3) is 0.250. The van der Waals surface area contributed by atoms with E-state index in [1.165, 1.54) is 31.2 Å². The van der Waals surface area contributed by atoms with E-state index < -0.39 is 38.2 Å². The number of anilines is 1. The van der Waals surface area contributed by atoms with Crippen LogP contribution < -0.4 is 15.8 Å². The van der Waals surface area contributed by atoms with Gasteiger partial charge in [-0.15, -0.1) is 0 Å². The highest BCUT2D eigenvalue weighted by Gasteiger charge is 2.38. The molecule has 2 rings (SSSR count). The number of sulfonamides is 1. The molecular weight excluding hydrogens is 330 g/mol. The van der Waals surface area contributed by atoms with Crippen molar-refractivity contribution < 1.29 is 22.8 Å². The first kappa shape index (κ1) is 16.5. The van der Waals surface area contributed by atoms with Gasteiger partial charge in [0.15, 0.2) is 0 Å². The highest BCUT2D eigenvalue weighted by molar-refractivity contribution is 8.15. The van der Waals surface area contributed by atoms with Gasteiger partial charge in [0.05, 0.1) is 10.8 Å². The summed E-state index contributed by atoms with van der Waals surface area (Å²) in [6, 6.07) is 5.29. The van der Waals surface area contributed by atoms with E-state index in [1.54, 1.807) is 0 Å². The molecule has 0 spiro atoms. The molecule has 4 N–H and O–H groups in total. The van der Waals surface area contributed by atoms with Crippen molar-refractivity contribution >= 4 is 44.5 Å². The van der Waals surface area contributed by atoms with E-state index in [0.29, 0.717) is 5.69 Å². The first-order chi connectivity index (χ1) is 10.2. The highest BCUT2D eigenvalue weighted by Crippen LogP contribution is 2.27. The monoisotopic (exact) mass is 343 g/mol. The molecule has 0 aromatic heterocycles. The van der Waals surface area contributed by atoms with E-state index >= 15 is 0 Å². The molecule has 1 aromatic rings. The van der Waals surface area contributed by atoms with Gasteiger partial charge in [-0.3, -0.25) is 19.7 Å². The van der Waals surface area contributed by atoms with Crippen molar-refractivity contribution in [2.75, 3.05) is 5.32 Å². The minimum atomic E-state index is -3.80. The minimum Gasteiger partial charge on any atom is -0.326 e. The third-order valence-corrected chi connectivity index (χ3v) is 5.16. The lowest BCUT2D eigenvalue weighted by Gasteiger charge is -2.15. The van der Waals surface area contributed by atoms with Gasteiger partial charge in [0, 0.05) is 5.69 Å². The number of imide groups is 1. The molecule has 0 radical (unpaired) electrons. The van der Waals surface area contributed by atoms with Crippen LogP contribution in [0.3, 0.4) is 0 Å². The quantitative estimate of drug-likeness (QED) is 0.717. The van der Waals surface area contributed by atoms with Crippen molar-refractivity contribution in [2.24, 2.45) is 11.1 Å². The van der Waals surface area contributed by atoms with E-state index in [9.17, 15) is 22.8 Å². The number of carbonyl (C=O) groups excluding carboxylic acids is 3. The second kappa shape index (κ2) is 6.07. The average Bonchev–Trinajstić information content (AvgIpc) is 2.76. The molecule has 0 aliphatic carbocycles. The van der Waals surface area contributed by atoms with Crippen LogP contribution in [0, 0.1) is 5.92 Å². The largest absolute Gasteiger partial charge is 0.326 e. The fourth-order valence-corrected chi connectivity index (χ4v) is 3.22. The van der Waals surface area contributed by atoms with Crippen molar-refractivity contribution in [3.05, 3.63) is 24.3 Å². The summed E-state index contributed by atoms with van der Waals surface area (Å²) in [5, 5.41) is 8.38. The van der Waals surface area contributed by atoms with Gasteiger partial charge < -0.3 is 5.32 Å². The smallest absolute Gasteiger partial charge is 0.286 e. The molecule has 2 atom stereocenters. The second-order valence-corrected chi connectivity index (χ2v) is 7.34. The maximum absolute atomic E-state index is 12.1. The lowest BCUT2D eigenvalue weighted by Crippen LogP contribution is -2.35. The van der Waals surface area contributed by atoms with Gasteiger partial charge >= 0.3 is 0 Å². The van der Waals surface area contributed by atoms with Gasteiger partial charge in [-0.05, 0) is 24.3 Å². The second-order valence-electron chi connectivity index (χ2n) is 4.66. The molecule has 1 aromatic carbocycles. The summed E-state index contributed by atoms with van der Waals surface area (Å²) >= 11 is 0.770. The van der Waals surface area contributed by atoms with Crippen LogP contribution in [-0.4, -0.2) is 30.7 Å². The van der Waals surface area contributed by atoms with Gasteiger partial charge in [0.1, 0.15) is 5.25 Å². The van der Waals surface area contributed by atoms with E-state index in [-0.39, 0.29) is 4.90 Å². The average molecular weight is 343 g/mol. The Balaban J connectivity index is 2.05. The Labute approximate surface area is 130 Å². The fourth-order valence-electron chi connectivity index (χ4n) is 1.82. The number of primary sulfonamides is 1. The van der Waals surface area contributed by atoms with Gasteiger partial charge in [0.2, 0.25) is 21.8 Å². The number of hydrogen-bond donors (Lipinski definition) is 3. The molecule has 10 heteroatoms. The molecule has 2 unspecified atom stereocenters. The number of thioether (sulfide) groups is 1. The summed E-state index contributed by atoms with van der Waals surface area (Å²) in [4.78, 5) is 34.6. The van der Waals surface area contributed by atoms with Crippen LogP contribution in [-0.2, 0) is 19.6 Å². The predicted molar refractivity (Wildman–Crippen MR) is 80.5 cm³/mol. The molecule has 8 nitrogen and oxygen atoms in total. The van der Waals surface area contributed by atoms with Crippen molar-refractivity contribution in [1.29, 1.82) is 0 Å². The number of benzene rings is 1. The summed E-state index contributed by atoms with van der Waals surface area (Å²) in [7, 11) is -3.80. The number of carbonyl (C=O) groups is 3. The molecule has 1 heterocycles.